The Morgan fingerprint density at radius 2 is 2.12 bits per heavy atom. The Labute approximate surface area is 98.4 Å². The molecular weight excluding hydrogens is 229 g/mol. The van der Waals surface area contributed by atoms with Gasteiger partial charge in [-0.15, -0.1) is 0 Å². The predicted octanol–water partition coefficient (Wildman–Crippen LogP) is 1.26. The summed E-state index contributed by atoms with van der Waals surface area (Å²) < 4.78 is 29.6. The summed E-state index contributed by atoms with van der Waals surface area (Å²) in [5.74, 6) is 0.0909. The quantitative estimate of drug-likeness (QED) is 0.807. The number of ether oxygens (including phenoxy) is 3. The van der Waals surface area contributed by atoms with Crippen molar-refractivity contribution in [3.63, 3.8) is 0 Å². The van der Waals surface area contributed by atoms with Crippen LogP contribution in [0.15, 0.2) is 6.07 Å². The van der Waals surface area contributed by atoms with Gasteiger partial charge in [0.05, 0.1) is 14.2 Å². The molecule has 0 amide bonds. The van der Waals surface area contributed by atoms with Crippen LogP contribution in [0, 0.1) is 5.82 Å². The molecule has 0 bridgehead atoms. The van der Waals surface area contributed by atoms with Crippen LogP contribution in [0.5, 0.6) is 17.2 Å². The Bertz CT molecular complexity index is 411. The van der Waals surface area contributed by atoms with E-state index >= 15 is 0 Å². The number of fused-ring (bicyclic) bond motifs is 1. The van der Waals surface area contributed by atoms with Crippen LogP contribution >= 0.6 is 0 Å². The fraction of sp³-hybridized carbons (Fsp3) is 0.455. The van der Waals surface area contributed by atoms with Gasteiger partial charge in [-0.25, -0.2) is 0 Å². The maximum Gasteiger partial charge on any atom is 0.211 e. The lowest BCUT2D eigenvalue weighted by Gasteiger charge is -2.21. The minimum atomic E-state index is -0.544. The van der Waals surface area contributed by atoms with Crippen molar-refractivity contribution >= 4 is 0 Å². The molecule has 1 aromatic carbocycles. The number of hydrogen-bond acceptors (Lipinski definition) is 5. The Hall–Kier alpha value is -1.53. The molecule has 0 saturated heterocycles. The minimum absolute atomic E-state index is 0.106. The van der Waals surface area contributed by atoms with Gasteiger partial charge < -0.3 is 19.0 Å². The van der Waals surface area contributed by atoms with Gasteiger partial charge in [0, 0.05) is 12.1 Å². The van der Waals surface area contributed by atoms with E-state index in [4.69, 9.17) is 19.0 Å². The van der Waals surface area contributed by atoms with Gasteiger partial charge in [0.15, 0.2) is 11.5 Å². The average molecular weight is 243 g/mol. The fourth-order valence-electron chi connectivity index (χ4n) is 1.68. The molecule has 0 saturated carbocycles. The first-order chi connectivity index (χ1) is 8.27. The SMILES string of the molecule is CONCc1cc2c(c(F)c1OC)OCCO2. The van der Waals surface area contributed by atoms with Crippen molar-refractivity contribution < 1.29 is 23.4 Å². The van der Waals surface area contributed by atoms with Gasteiger partial charge in [0.1, 0.15) is 13.2 Å². The van der Waals surface area contributed by atoms with Crippen molar-refractivity contribution in [2.24, 2.45) is 0 Å². The third-order valence-corrected chi connectivity index (χ3v) is 2.42. The van der Waals surface area contributed by atoms with Gasteiger partial charge in [-0.05, 0) is 6.07 Å². The first-order valence-electron chi connectivity index (χ1n) is 5.18. The Morgan fingerprint density at radius 3 is 2.82 bits per heavy atom. The first-order valence-corrected chi connectivity index (χ1v) is 5.18. The van der Waals surface area contributed by atoms with E-state index in [9.17, 15) is 4.39 Å². The molecule has 94 valence electrons. The van der Waals surface area contributed by atoms with Crippen molar-refractivity contribution in [3.05, 3.63) is 17.4 Å². The third kappa shape index (κ3) is 2.27. The summed E-state index contributed by atoms with van der Waals surface area (Å²) in [6, 6.07) is 1.68. The number of methoxy groups -OCH3 is 1. The average Bonchev–Trinajstić information content (AvgIpc) is 2.36. The highest BCUT2D eigenvalue weighted by molar-refractivity contribution is 5.52. The van der Waals surface area contributed by atoms with E-state index < -0.39 is 5.82 Å². The second-order valence-electron chi connectivity index (χ2n) is 3.43. The molecule has 1 aliphatic rings. The highest BCUT2D eigenvalue weighted by Crippen LogP contribution is 2.40. The summed E-state index contributed by atoms with van der Waals surface area (Å²) in [5.41, 5.74) is 3.24. The Morgan fingerprint density at radius 1 is 1.35 bits per heavy atom. The molecule has 1 aromatic rings. The number of hydroxylamine groups is 1. The molecule has 0 aliphatic carbocycles. The lowest BCUT2D eigenvalue weighted by molar-refractivity contribution is 0.0856. The lowest BCUT2D eigenvalue weighted by atomic mass is 10.1. The van der Waals surface area contributed by atoms with Gasteiger partial charge in [0.2, 0.25) is 11.6 Å². The summed E-state index contributed by atoms with van der Waals surface area (Å²) in [4.78, 5) is 4.73. The minimum Gasteiger partial charge on any atom is -0.493 e. The van der Waals surface area contributed by atoms with Gasteiger partial charge >= 0.3 is 0 Å². The molecule has 1 N–H and O–H groups in total. The van der Waals surface area contributed by atoms with Crippen LogP contribution in [0.4, 0.5) is 4.39 Å². The lowest BCUT2D eigenvalue weighted by Crippen LogP contribution is -2.18. The highest BCUT2D eigenvalue weighted by Gasteiger charge is 2.23. The number of benzene rings is 1. The molecular formula is C11H14FNO4. The van der Waals surface area contributed by atoms with E-state index in [-0.39, 0.29) is 11.5 Å². The van der Waals surface area contributed by atoms with Gasteiger partial charge in [0.25, 0.3) is 0 Å². The van der Waals surface area contributed by atoms with Crippen molar-refractivity contribution in [1.29, 1.82) is 0 Å². The maximum atomic E-state index is 14.0. The Balaban J connectivity index is 2.40. The molecule has 0 aromatic heterocycles. The van der Waals surface area contributed by atoms with Gasteiger partial charge in [-0.1, -0.05) is 0 Å². The summed E-state index contributed by atoms with van der Waals surface area (Å²) in [6.45, 7) is 1.06. The van der Waals surface area contributed by atoms with E-state index in [0.717, 1.165) is 0 Å². The van der Waals surface area contributed by atoms with Gasteiger partial charge in [-0.3, -0.25) is 0 Å². The summed E-state index contributed by atoms with van der Waals surface area (Å²) in [7, 11) is 2.89. The topological polar surface area (TPSA) is 49.0 Å². The number of hydrogen-bond donors (Lipinski definition) is 1. The van der Waals surface area contributed by atoms with Crippen LogP contribution in [-0.4, -0.2) is 27.4 Å². The largest absolute Gasteiger partial charge is 0.493 e. The van der Waals surface area contributed by atoms with Crippen molar-refractivity contribution in [1.82, 2.24) is 5.48 Å². The molecule has 17 heavy (non-hydrogen) atoms. The zero-order valence-corrected chi connectivity index (χ0v) is 9.71. The molecule has 6 heteroatoms. The zero-order valence-electron chi connectivity index (χ0n) is 9.71. The van der Waals surface area contributed by atoms with Crippen molar-refractivity contribution in [2.45, 2.75) is 6.54 Å². The van der Waals surface area contributed by atoms with Crippen molar-refractivity contribution in [3.8, 4) is 17.2 Å². The second kappa shape index (κ2) is 5.20. The van der Waals surface area contributed by atoms with Crippen LogP contribution in [0.25, 0.3) is 0 Å². The molecule has 0 atom stereocenters. The highest BCUT2D eigenvalue weighted by atomic mass is 19.1. The number of rotatable bonds is 4. The monoisotopic (exact) mass is 243 g/mol. The van der Waals surface area contributed by atoms with Crippen LogP contribution in [-0.2, 0) is 11.4 Å². The molecule has 1 heterocycles. The van der Waals surface area contributed by atoms with Gasteiger partial charge in [-0.2, -0.15) is 9.87 Å². The first kappa shape index (κ1) is 11.9. The standard InChI is InChI=1S/C11H14FNO4/c1-14-10-7(6-13-15-2)5-8-11(9(10)12)17-4-3-16-8/h5,13H,3-4,6H2,1-2H3. The molecule has 0 spiro atoms. The van der Waals surface area contributed by atoms with E-state index in [1.807, 2.05) is 0 Å². The van der Waals surface area contributed by atoms with Crippen LogP contribution < -0.4 is 19.7 Å². The zero-order chi connectivity index (χ0) is 12.3. The van der Waals surface area contributed by atoms with E-state index in [2.05, 4.69) is 5.48 Å². The van der Waals surface area contributed by atoms with Crippen LogP contribution in [0.3, 0.4) is 0 Å². The number of nitrogens with one attached hydrogen (secondary N) is 1. The maximum absolute atomic E-state index is 14.0. The van der Waals surface area contributed by atoms with Crippen molar-refractivity contribution in [2.75, 3.05) is 27.4 Å². The van der Waals surface area contributed by atoms with E-state index in [0.29, 0.717) is 31.1 Å². The molecule has 0 radical (unpaired) electrons. The fourth-order valence-corrected chi connectivity index (χ4v) is 1.68. The van der Waals surface area contributed by atoms with Crippen LogP contribution in [0.1, 0.15) is 5.56 Å². The Kier molecular flexibility index (Phi) is 3.65. The van der Waals surface area contributed by atoms with Crippen LogP contribution in [0.2, 0.25) is 0 Å². The molecule has 0 unspecified atom stereocenters. The number of halogens is 1. The second-order valence-corrected chi connectivity index (χ2v) is 3.43. The normalized spacial score (nSPS) is 13.6. The van der Waals surface area contributed by atoms with E-state index in [1.54, 1.807) is 6.07 Å². The summed E-state index contributed by atoms with van der Waals surface area (Å²) in [6.07, 6.45) is 0. The molecule has 2 rings (SSSR count). The molecule has 0 fully saturated rings. The molecule has 1 aliphatic heterocycles. The van der Waals surface area contributed by atoms with E-state index in [1.165, 1.54) is 14.2 Å². The summed E-state index contributed by atoms with van der Waals surface area (Å²) in [5, 5.41) is 0. The smallest absolute Gasteiger partial charge is 0.211 e. The summed E-state index contributed by atoms with van der Waals surface area (Å²) >= 11 is 0. The third-order valence-electron chi connectivity index (χ3n) is 2.42. The molecule has 5 nitrogen and oxygen atoms in total. The predicted molar refractivity (Wildman–Crippen MR) is 57.8 cm³/mol.